The average Bonchev–Trinajstić information content (AvgIpc) is 2.41. The Bertz CT molecular complexity index is 586. The van der Waals surface area contributed by atoms with Gasteiger partial charge in [0.25, 0.3) is 0 Å². The summed E-state index contributed by atoms with van der Waals surface area (Å²) >= 11 is 13.4. The zero-order valence-electron chi connectivity index (χ0n) is 11.2. The van der Waals surface area contributed by atoms with Gasteiger partial charge in [-0.3, -0.25) is 0 Å². The molecule has 1 nitrogen and oxygen atoms in total. The smallest absolute Gasteiger partial charge is 0.0454 e. The number of hydrogen-bond donors (Lipinski definition) is 1. The summed E-state index contributed by atoms with van der Waals surface area (Å²) in [4.78, 5) is 0. The van der Waals surface area contributed by atoms with Crippen LogP contribution in [0, 0.1) is 0 Å². The predicted molar refractivity (Wildman–Crippen MR) is 93.4 cm³/mol. The van der Waals surface area contributed by atoms with Crippen molar-refractivity contribution in [2.45, 2.75) is 19.4 Å². The van der Waals surface area contributed by atoms with Crippen molar-refractivity contribution in [1.29, 1.82) is 0 Å². The van der Waals surface area contributed by atoms with Gasteiger partial charge < -0.3 is 5.32 Å². The highest BCUT2D eigenvalue weighted by Crippen LogP contribution is 2.29. The Hall–Kier alpha value is -0.350. The molecule has 1 N–H and O–H groups in total. The lowest BCUT2D eigenvalue weighted by atomic mass is 9.99. The molecule has 0 aliphatic heterocycles. The molecule has 0 saturated carbocycles. The largest absolute Gasteiger partial charge is 0.310 e. The minimum Gasteiger partial charge on any atom is -0.310 e. The van der Waals surface area contributed by atoms with Crippen molar-refractivity contribution < 1.29 is 0 Å². The number of rotatable bonds is 5. The Morgan fingerprint density at radius 3 is 2.55 bits per heavy atom. The highest BCUT2D eigenvalue weighted by atomic mass is 79.9. The van der Waals surface area contributed by atoms with Crippen molar-refractivity contribution in [3.05, 3.63) is 67.6 Å². The van der Waals surface area contributed by atoms with Gasteiger partial charge in [-0.25, -0.2) is 0 Å². The van der Waals surface area contributed by atoms with Gasteiger partial charge in [0.05, 0.1) is 0 Å². The molecule has 0 saturated heterocycles. The molecule has 1 unspecified atom stereocenters. The van der Waals surface area contributed by atoms with Gasteiger partial charge in [0, 0.05) is 20.0 Å². The summed E-state index contributed by atoms with van der Waals surface area (Å²) in [6.45, 7) is 3.02. The van der Waals surface area contributed by atoms with E-state index in [2.05, 4.69) is 68.4 Å². The number of likely N-dealkylation sites (N-methyl/N-ethyl adjacent to an activating group) is 1. The number of nitrogens with one attached hydrogen (secondary N) is 1. The van der Waals surface area contributed by atoms with Crippen LogP contribution in [0.25, 0.3) is 0 Å². The van der Waals surface area contributed by atoms with Crippen LogP contribution in [0.2, 0.25) is 5.02 Å². The van der Waals surface area contributed by atoms with E-state index in [1.54, 1.807) is 0 Å². The number of halogens is 3. The highest BCUT2D eigenvalue weighted by Gasteiger charge is 2.15. The van der Waals surface area contributed by atoms with Crippen LogP contribution >= 0.6 is 43.5 Å². The average molecular weight is 418 g/mol. The Morgan fingerprint density at radius 2 is 1.85 bits per heavy atom. The summed E-state index contributed by atoms with van der Waals surface area (Å²) in [6.07, 6.45) is 0.906. The van der Waals surface area contributed by atoms with E-state index in [0.717, 1.165) is 32.5 Å². The van der Waals surface area contributed by atoms with Crippen LogP contribution in [-0.4, -0.2) is 6.54 Å². The van der Waals surface area contributed by atoms with Gasteiger partial charge in [-0.15, -0.1) is 0 Å². The van der Waals surface area contributed by atoms with Gasteiger partial charge in [-0.05, 0) is 54.4 Å². The van der Waals surface area contributed by atoms with E-state index in [1.165, 1.54) is 5.56 Å². The lowest BCUT2D eigenvalue weighted by Gasteiger charge is -2.20. The Kier molecular flexibility index (Phi) is 6.09. The molecule has 4 heteroatoms. The van der Waals surface area contributed by atoms with Crippen LogP contribution in [0.4, 0.5) is 0 Å². The summed E-state index contributed by atoms with van der Waals surface area (Å²) in [5.41, 5.74) is 2.41. The van der Waals surface area contributed by atoms with Gasteiger partial charge >= 0.3 is 0 Å². The van der Waals surface area contributed by atoms with Crippen molar-refractivity contribution in [1.82, 2.24) is 5.32 Å². The molecule has 0 spiro atoms. The van der Waals surface area contributed by atoms with Gasteiger partial charge in [-0.1, -0.05) is 62.5 Å². The van der Waals surface area contributed by atoms with E-state index in [0.29, 0.717) is 0 Å². The number of hydrogen-bond acceptors (Lipinski definition) is 1. The van der Waals surface area contributed by atoms with Crippen LogP contribution < -0.4 is 5.32 Å². The number of benzene rings is 2. The minimum absolute atomic E-state index is 0.208. The van der Waals surface area contributed by atoms with Crippen LogP contribution in [0.3, 0.4) is 0 Å². The summed E-state index contributed by atoms with van der Waals surface area (Å²) < 4.78 is 2.15. The summed E-state index contributed by atoms with van der Waals surface area (Å²) in [6, 6.07) is 14.6. The maximum atomic E-state index is 6.35. The van der Waals surface area contributed by atoms with Crippen molar-refractivity contribution in [2.24, 2.45) is 0 Å². The molecule has 0 amide bonds. The fraction of sp³-hybridized carbons (Fsp3) is 0.250. The predicted octanol–water partition coefficient (Wildman–Crippen LogP) is 5.76. The first-order valence-corrected chi connectivity index (χ1v) is 8.49. The third kappa shape index (κ3) is 4.32. The molecular formula is C16H16Br2ClN. The SMILES string of the molecule is CCNC(Cc1cccc(Br)c1)c1cc(Br)ccc1Cl. The molecular weight excluding hydrogens is 401 g/mol. The second-order valence-electron chi connectivity index (χ2n) is 4.61. The zero-order valence-corrected chi connectivity index (χ0v) is 15.1. The molecule has 0 aliphatic carbocycles. The van der Waals surface area contributed by atoms with Crippen molar-refractivity contribution in [2.75, 3.05) is 6.54 Å². The summed E-state index contributed by atoms with van der Waals surface area (Å²) in [7, 11) is 0. The molecule has 106 valence electrons. The molecule has 0 radical (unpaired) electrons. The lowest BCUT2D eigenvalue weighted by Crippen LogP contribution is -2.23. The Balaban J connectivity index is 2.29. The van der Waals surface area contributed by atoms with Crippen LogP contribution in [0.15, 0.2) is 51.4 Å². The van der Waals surface area contributed by atoms with E-state index in [4.69, 9.17) is 11.6 Å². The van der Waals surface area contributed by atoms with Gasteiger partial charge in [0.2, 0.25) is 0 Å². The van der Waals surface area contributed by atoms with Crippen molar-refractivity contribution in [3.63, 3.8) is 0 Å². The third-order valence-corrected chi connectivity index (χ3v) is 4.44. The fourth-order valence-corrected chi connectivity index (χ4v) is 3.29. The molecule has 20 heavy (non-hydrogen) atoms. The van der Waals surface area contributed by atoms with E-state index in [1.807, 2.05) is 18.2 Å². The quantitative estimate of drug-likeness (QED) is 0.652. The normalized spacial score (nSPS) is 12.4. The van der Waals surface area contributed by atoms with Gasteiger partial charge in [-0.2, -0.15) is 0 Å². The van der Waals surface area contributed by atoms with Crippen molar-refractivity contribution >= 4 is 43.5 Å². The first kappa shape index (κ1) is 16.0. The Labute approximate surface area is 142 Å². The van der Waals surface area contributed by atoms with E-state index in [-0.39, 0.29) is 6.04 Å². The summed E-state index contributed by atoms with van der Waals surface area (Å²) in [5, 5.41) is 4.31. The maximum absolute atomic E-state index is 6.35. The summed E-state index contributed by atoms with van der Waals surface area (Å²) in [5.74, 6) is 0. The molecule has 0 heterocycles. The molecule has 0 aromatic heterocycles. The second-order valence-corrected chi connectivity index (χ2v) is 6.85. The van der Waals surface area contributed by atoms with Gasteiger partial charge in [0.1, 0.15) is 0 Å². The molecule has 0 aliphatic rings. The van der Waals surface area contributed by atoms with Crippen LogP contribution in [0.5, 0.6) is 0 Å². The maximum Gasteiger partial charge on any atom is 0.0454 e. The first-order chi connectivity index (χ1) is 9.60. The van der Waals surface area contributed by atoms with E-state index in [9.17, 15) is 0 Å². The van der Waals surface area contributed by atoms with E-state index < -0.39 is 0 Å². The molecule has 2 aromatic rings. The second kappa shape index (κ2) is 7.60. The lowest BCUT2D eigenvalue weighted by molar-refractivity contribution is 0.549. The molecule has 0 fully saturated rings. The Morgan fingerprint density at radius 1 is 1.10 bits per heavy atom. The molecule has 2 aromatic carbocycles. The fourth-order valence-electron chi connectivity index (χ4n) is 2.22. The van der Waals surface area contributed by atoms with Gasteiger partial charge in [0.15, 0.2) is 0 Å². The van der Waals surface area contributed by atoms with E-state index >= 15 is 0 Å². The van der Waals surface area contributed by atoms with Crippen LogP contribution in [-0.2, 0) is 6.42 Å². The van der Waals surface area contributed by atoms with Crippen LogP contribution in [0.1, 0.15) is 24.1 Å². The minimum atomic E-state index is 0.208. The molecule has 1 atom stereocenters. The van der Waals surface area contributed by atoms with Crippen molar-refractivity contribution in [3.8, 4) is 0 Å². The standard InChI is InChI=1S/C16H16Br2ClN/c1-2-20-16(9-11-4-3-5-12(17)8-11)14-10-13(18)6-7-15(14)19/h3-8,10,16,20H,2,9H2,1H3. The first-order valence-electron chi connectivity index (χ1n) is 6.53. The molecule has 2 rings (SSSR count). The molecule has 0 bridgehead atoms. The highest BCUT2D eigenvalue weighted by molar-refractivity contribution is 9.10. The topological polar surface area (TPSA) is 12.0 Å². The zero-order chi connectivity index (χ0) is 14.5. The third-order valence-electron chi connectivity index (χ3n) is 3.11. The monoisotopic (exact) mass is 415 g/mol.